The van der Waals surface area contributed by atoms with Crippen molar-refractivity contribution in [2.24, 2.45) is 0 Å². The average molecular weight is 424 g/mol. The number of methoxy groups -OCH3 is 1. The third kappa shape index (κ3) is 5.51. The number of thiophene rings is 1. The number of hydrogen-bond donors (Lipinski definition) is 1. The van der Waals surface area contributed by atoms with Crippen LogP contribution in [0.1, 0.15) is 39.0 Å². The number of aryl methyl sites for hydroxylation is 1. The quantitative estimate of drug-likeness (QED) is 0.542. The lowest BCUT2D eigenvalue weighted by Crippen LogP contribution is -2.34. The molecule has 132 valence electrons. The van der Waals surface area contributed by atoms with E-state index in [1.807, 2.05) is 13.0 Å². The third-order valence-electron chi connectivity index (χ3n) is 3.54. The SMILES string of the molecule is COC(=O)C(NC(=O)CCC(=O)c1ccc(C)s1)c1ccc(Br)cc1. The number of amides is 1. The van der Waals surface area contributed by atoms with Crippen LogP contribution in [0.25, 0.3) is 0 Å². The predicted molar refractivity (Wildman–Crippen MR) is 99.7 cm³/mol. The molecular formula is C18H18BrNO4S. The Morgan fingerprint density at radius 1 is 1.12 bits per heavy atom. The number of hydrogen-bond acceptors (Lipinski definition) is 5. The number of carbonyl (C=O) groups excluding carboxylic acids is 3. The first-order valence-electron chi connectivity index (χ1n) is 7.63. The summed E-state index contributed by atoms with van der Waals surface area (Å²) in [5.74, 6) is -1.01. The molecule has 1 aromatic carbocycles. The molecule has 1 heterocycles. The van der Waals surface area contributed by atoms with Gasteiger partial charge in [0.25, 0.3) is 0 Å². The maximum Gasteiger partial charge on any atom is 0.333 e. The molecule has 1 aromatic heterocycles. The zero-order chi connectivity index (χ0) is 18.4. The molecule has 2 rings (SSSR count). The van der Waals surface area contributed by atoms with Crippen LogP contribution in [0.3, 0.4) is 0 Å². The zero-order valence-corrected chi connectivity index (χ0v) is 16.3. The summed E-state index contributed by atoms with van der Waals surface area (Å²) >= 11 is 4.73. The summed E-state index contributed by atoms with van der Waals surface area (Å²) in [6.45, 7) is 1.92. The summed E-state index contributed by atoms with van der Waals surface area (Å²) in [7, 11) is 1.27. The summed E-state index contributed by atoms with van der Waals surface area (Å²) < 4.78 is 5.63. The van der Waals surface area contributed by atoms with Gasteiger partial charge in [-0.3, -0.25) is 9.59 Å². The third-order valence-corrected chi connectivity index (χ3v) is 5.11. The van der Waals surface area contributed by atoms with Gasteiger partial charge in [-0.15, -0.1) is 11.3 Å². The van der Waals surface area contributed by atoms with E-state index >= 15 is 0 Å². The Labute approximate surface area is 158 Å². The zero-order valence-electron chi connectivity index (χ0n) is 13.9. The largest absolute Gasteiger partial charge is 0.467 e. The molecule has 0 aliphatic heterocycles. The Kier molecular flexibility index (Phi) is 6.90. The number of carbonyl (C=O) groups is 3. The molecule has 25 heavy (non-hydrogen) atoms. The molecule has 1 atom stereocenters. The highest BCUT2D eigenvalue weighted by atomic mass is 79.9. The van der Waals surface area contributed by atoms with Crippen LogP contribution in [-0.2, 0) is 14.3 Å². The summed E-state index contributed by atoms with van der Waals surface area (Å²) in [5, 5.41) is 2.64. The fourth-order valence-electron chi connectivity index (χ4n) is 2.22. The van der Waals surface area contributed by atoms with Crippen LogP contribution in [-0.4, -0.2) is 24.8 Å². The fourth-order valence-corrected chi connectivity index (χ4v) is 3.32. The molecular weight excluding hydrogens is 406 g/mol. The lowest BCUT2D eigenvalue weighted by atomic mass is 10.1. The van der Waals surface area contributed by atoms with Gasteiger partial charge in [0.2, 0.25) is 5.91 Å². The molecule has 0 radical (unpaired) electrons. The van der Waals surface area contributed by atoms with Crippen molar-refractivity contribution >= 4 is 44.9 Å². The van der Waals surface area contributed by atoms with E-state index in [2.05, 4.69) is 21.2 Å². The summed E-state index contributed by atoms with van der Waals surface area (Å²) in [6.07, 6.45) is 0.111. The van der Waals surface area contributed by atoms with Crippen LogP contribution < -0.4 is 5.32 Å². The minimum absolute atomic E-state index is 0.0137. The highest BCUT2D eigenvalue weighted by molar-refractivity contribution is 9.10. The van der Waals surface area contributed by atoms with Gasteiger partial charge < -0.3 is 10.1 Å². The molecule has 2 aromatic rings. The number of esters is 1. The standard InChI is InChI=1S/C18H18BrNO4S/c1-11-3-9-15(25-11)14(21)8-10-16(22)20-17(18(23)24-2)12-4-6-13(19)7-5-12/h3-7,9,17H,8,10H2,1-2H3,(H,20,22). The van der Waals surface area contributed by atoms with E-state index in [0.29, 0.717) is 10.4 Å². The first-order chi connectivity index (χ1) is 11.9. The van der Waals surface area contributed by atoms with Crippen LogP contribution in [0.5, 0.6) is 0 Å². The van der Waals surface area contributed by atoms with Crippen molar-refractivity contribution < 1.29 is 19.1 Å². The average Bonchev–Trinajstić information content (AvgIpc) is 3.04. The van der Waals surface area contributed by atoms with E-state index in [1.54, 1.807) is 30.3 Å². The van der Waals surface area contributed by atoms with Crippen molar-refractivity contribution in [3.05, 3.63) is 56.2 Å². The smallest absolute Gasteiger partial charge is 0.333 e. The first kappa shape index (κ1) is 19.3. The van der Waals surface area contributed by atoms with Crippen LogP contribution in [0, 0.1) is 6.92 Å². The van der Waals surface area contributed by atoms with E-state index < -0.39 is 12.0 Å². The van der Waals surface area contributed by atoms with Crippen molar-refractivity contribution in [3.63, 3.8) is 0 Å². The Bertz CT molecular complexity index is 770. The van der Waals surface area contributed by atoms with Crippen molar-refractivity contribution in [2.45, 2.75) is 25.8 Å². The molecule has 5 nitrogen and oxygen atoms in total. The molecule has 1 amide bonds. The van der Waals surface area contributed by atoms with Gasteiger partial charge in [0.15, 0.2) is 11.8 Å². The molecule has 0 aliphatic rings. The van der Waals surface area contributed by atoms with Crippen LogP contribution in [0.15, 0.2) is 40.9 Å². The maximum atomic E-state index is 12.2. The van der Waals surface area contributed by atoms with E-state index in [4.69, 9.17) is 4.74 Å². The van der Waals surface area contributed by atoms with Gasteiger partial charge in [-0.05, 0) is 36.8 Å². The Balaban J connectivity index is 1.98. The van der Waals surface area contributed by atoms with Gasteiger partial charge in [-0.1, -0.05) is 28.1 Å². The normalized spacial score (nSPS) is 11.6. The predicted octanol–water partition coefficient (Wildman–Crippen LogP) is 3.81. The monoisotopic (exact) mass is 423 g/mol. The number of rotatable bonds is 7. The molecule has 0 aliphatic carbocycles. The summed E-state index contributed by atoms with van der Waals surface area (Å²) in [6, 6.07) is 9.75. The van der Waals surface area contributed by atoms with E-state index in [9.17, 15) is 14.4 Å². The highest BCUT2D eigenvalue weighted by Crippen LogP contribution is 2.20. The number of ether oxygens (including phenoxy) is 1. The molecule has 0 fully saturated rings. The topological polar surface area (TPSA) is 72.5 Å². The van der Waals surface area contributed by atoms with Gasteiger partial charge in [-0.25, -0.2) is 4.79 Å². The second-order valence-electron chi connectivity index (χ2n) is 5.41. The number of nitrogens with one attached hydrogen (secondary N) is 1. The minimum atomic E-state index is -0.898. The maximum absolute atomic E-state index is 12.2. The highest BCUT2D eigenvalue weighted by Gasteiger charge is 2.23. The summed E-state index contributed by atoms with van der Waals surface area (Å²) in [4.78, 5) is 37.9. The second kappa shape index (κ2) is 8.92. The second-order valence-corrected chi connectivity index (χ2v) is 7.61. The number of halogens is 1. The van der Waals surface area contributed by atoms with Crippen LogP contribution in [0.4, 0.5) is 0 Å². The van der Waals surface area contributed by atoms with Gasteiger partial charge >= 0.3 is 5.97 Å². The van der Waals surface area contributed by atoms with Gasteiger partial charge in [0, 0.05) is 22.2 Å². The van der Waals surface area contributed by atoms with Gasteiger partial charge in [-0.2, -0.15) is 0 Å². The summed E-state index contributed by atoms with van der Waals surface area (Å²) in [5.41, 5.74) is 0.614. The van der Waals surface area contributed by atoms with Crippen LogP contribution >= 0.6 is 27.3 Å². The van der Waals surface area contributed by atoms with E-state index in [1.165, 1.54) is 18.4 Å². The molecule has 0 bridgehead atoms. The van der Waals surface area contributed by atoms with Crippen molar-refractivity contribution in [1.29, 1.82) is 0 Å². The molecule has 1 unspecified atom stereocenters. The molecule has 0 saturated heterocycles. The Hall–Kier alpha value is -1.99. The van der Waals surface area contributed by atoms with Crippen molar-refractivity contribution in [3.8, 4) is 0 Å². The van der Waals surface area contributed by atoms with E-state index in [-0.39, 0.29) is 24.5 Å². The Morgan fingerprint density at radius 3 is 2.36 bits per heavy atom. The first-order valence-corrected chi connectivity index (χ1v) is 9.24. The Morgan fingerprint density at radius 2 is 1.80 bits per heavy atom. The number of benzene rings is 1. The minimum Gasteiger partial charge on any atom is -0.467 e. The van der Waals surface area contributed by atoms with Gasteiger partial charge in [0.05, 0.1) is 12.0 Å². The molecule has 7 heteroatoms. The lowest BCUT2D eigenvalue weighted by molar-refractivity contribution is -0.145. The molecule has 1 N–H and O–H groups in total. The fraction of sp³-hybridized carbons (Fsp3) is 0.278. The van der Waals surface area contributed by atoms with Crippen LogP contribution in [0.2, 0.25) is 0 Å². The molecule has 0 spiro atoms. The lowest BCUT2D eigenvalue weighted by Gasteiger charge is -2.17. The number of Topliss-reactive ketones (excluding diaryl/α,β-unsaturated/α-hetero) is 1. The van der Waals surface area contributed by atoms with Gasteiger partial charge in [0.1, 0.15) is 0 Å². The van der Waals surface area contributed by atoms with Crippen molar-refractivity contribution in [1.82, 2.24) is 5.32 Å². The van der Waals surface area contributed by atoms with Crippen molar-refractivity contribution in [2.75, 3.05) is 7.11 Å². The van der Waals surface area contributed by atoms with E-state index in [0.717, 1.165) is 9.35 Å². The number of ketones is 1. The molecule has 0 saturated carbocycles.